The number of halogens is 1. The number of carbonyl (C=O) groups excluding carboxylic acids is 1. The summed E-state index contributed by atoms with van der Waals surface area (Å²) in [4.78, 5) is 20.7. The summed E-state index contributed by atoms with van der Waals surface area (Å²) in [6, 6.07) is 4.72. The van der Waals surface area contributed by atoms with Crippen molar-refractivity contribution in [2.75, 3.05) is 19.8 Å². The van der Waals surface area contributed by atoms with Crippen LogP contribution in [0.3, 0.4) is 0 Å². The minimum Gasteiger partial charge on any atom is -0.394 e. The van der Waals surface area contributed by atoms with E-state index in [0.29, 0.717) is 29.7 Å². The van der Waals surface area contributed by atoms with Crippen molar-refractivity contribution in [1.29, 1.82) is 0 Å². The maximum Gasteiger partial charge on any atom is 0.290 e. The molecule has 0 aliphatic carbocycles. The van der Waals surface area contributed by atoms with Crippen LogP contribution in [-0.2, 0) is 16.1 Å². The molecule has 1 amide bonds. The second-order valence-corrected chi connectivity index (χ2v) is 5.69. The highest BCUT2D eigenvalue weighted by atomic mass is 19.1. The summed E-state index contributed by atoms with van der Waals surface area (Å²) in [5.41, 5.74) is 3.57. The predicted molar refractivity (Wildman–Crippen MR) is 83.8 cm³/mol. The molecule has 24 heavy (non-hydrogen) atoms. The molecule has 2 aromatic rings. The van der Waals surface area contributed by atoms with Gasteiger partial charge in [0.1, 0.15) is 0 Å². The molecule has 0 radical (unpaired) electrons. The highest BCUT2D eigenvalue weighted by molar-refractivity contribution is 5.96. The largest absolute Gasteiger partial charge is 0.394 e. The monoisotopic (exact) mass is 337 g/mol. The van der Waals surface area contributed by atoms with Gasteiger partial charge in [-0.2, -0.15) is 4.39 Å². The highest BCUT2D eigenvalue weighted by Crippen LogP contribution is 2.21. The second kappa shape index (κ2) is 7.69. The molecule has 2 heterocycles. The van der Waals surface area contributed by atoms with Crippen LogP contribution in [0.15, 0.2) is 18.2 Å². The molecule has 3 rings (SSSR count). The lowest BCUT2D eigenvalue weighted by atomic mass is 10.1. The third-order valence-electron chi connectivity index (χ3n) is 3.98. The number of nitrogens with zero attached hydrogens (tertiary/aromatic N) is 2. The normalized spacial score (nSPS) is 18.0. The molecule has 2 N–H and O–H groups in total. The number of hydroxylamine groups is 1. The van der Waals surface area contributed by atoms with E-state index in [2.05, 4.69) is 10.5 Å². The summed E-state index contributed by atoms with van der Waals surface area (Å²) < 4.78 is 21.3. The van der Waals surface area contributed by atoms with E-state index in [1.165, 1.54) is 4.57 Å². The first-order valence-corrected chi connectivity index (χ1v) is 7.99. The van der Waals surface area contributed by atoms with E-state index in [9.17, 15) is 9.18 Å². The molecule has 0 spiro atoms. The van der Waals surface area contributed by atoms with E-state index >= 15 is 0 Å². The predicted octanol–water partition coefficient (Wildman–Crippen LogP) is 1.40. The average molecular weight is 337 g/mol. The van der Waals surface area contributed by atoms with Crippen LogP contribution in [0.1, 0.15) is 29.6 Å². The molecule has 1 aliphatic heterocycles. The number of benzene rings is 1. The molecule has 1 atom stereocenters. The number of hydrogen-bond donors (Lipinski definition) is 2. The van der Waals surface area contributed by atoms with Crippen LogP contribution in [0.2, 0.25) is 0 Å². The highest BCUT2D eigenvalue weighted by Gasteiger charge is 2.19. The van der Waals surface area contributed by atoms with Crippen LogP contribution in [-0.4, -0.2) is 46.5 Å². The summed E-state index contributed by atoms with van der Waals surface area (Å²) in [5.74, 6) is -0.465. The summed E-state index contributed by atoms with van der Waals surface area (Å²) in [6.45, 7) is 0.863. The van der Waals surface area contributed by atoms with Crippen LogP contribution < -0.4 is 5.48 Å². The molecular formula is C16H20FN3O4. The Morgan fingerprint density at radius 3 is 3.12 bits per heavy atom. The first kappa shape index (κ1) is 16.8. The average Bonchev–Trinajstić information content (AvgIpc) is 2.91. The standard InChI is InChI=1S/C16H20FN3O4/c17-16-18-13-5-4-11(15(22)19-24-8-6-21)9-14(13)20(16)10-12-3-1-2-7-23-12/h4-5,9,12,21H,1-3,6-8,10H2,(H,19,22). The molecule has 0 saturated carbocycles. The zero-order valence-electron chi connectivity index (χ0n) is 13.2. The summed E-state index contributed by atoms with van der Waals surface area (Å²) in [5, 5.41) is 8.64. The van der Waals surface area contributed by atoms with Gasteiger partial charge in [0, 0.05) is 12.2 Å². The number of carbonyl (C=O) groups is 1. The van der Waals surface area contributed by atoms with Crippen LogP contribution in [0.4, 0.5) is 4.39 Å². The van der Waals surface area contributed by atoms with E-state index in [1.807, 2.05) is 0 Å². The molecule has 8 heteroatoms. The van der Waals surface area contributed by atoms with Gasteiger partial charge < -0.3 is 9.84 Å². The first-order valence-electron chi connectivity index (χ1n) is 7.99. The van der Waals surface area contributed by atoms with Crippen molar-refractivity contribution >= 4 is 16.9 Å². The number of aliphatic hydroxyl groups is 1. The van der Waals surface area contributed by atoms with Crippen LogP contribution in [0.5, 0.6) is 0 Å². The Balaban J connectivity index is 1.81. The SMILES string of the molecule is O=C(NOCCO)c1ccc2nc(F)n(CC3CCCCO3)c2c1. The van der Waals surface area contributed by atoms with Gasteiger partial charge in [0.25, 0.3) is 12.0 Å². The number of amides is 1. The van der Waals surface area contributed by atoms with Crippen LogP contribution in [0, 0.1) is 6.08 Å². The number of aliphatic hydroxyl groups excluding tert-OH is 1. The minimum atomic E-state index is -0.590. The van der Waals surface area contributed by atoms with Gasteiger partial charge in [-0.25, -0.2) is 10.5 Å². The number of nitrogens with one attached hydrogen (secondary N) is 1. The van der Waals surface area contributed by atoms with E-state index in [-0.39, 0.29) is 19.3 Å². The van der Waals surface area contributed by atoms with Crippen molar-refractivity contribution in [1.82, 2.24) is 15.0 Å². The Bertz CT molecular complexity index is 713. The molecule has 1 fully saturated rings. The molecular weight excluding hydrogens is 317 g/mol. The molecule has 1 aromatic heterocycles. The number of aromatic nitrogens is 2. The summed E-state index contributed by atoms with van der Waals surface area (Å²) >= 11 is 0. The quantitative estimate of drug-likeness (QED) is 0.615. The zero-order valence-corrected chi connectivity index (χ0v) is 13.2. The van der Waals surface area contributed by atoms with Gasteiger partial charge in [-0.05, 0) is 37.5 Å². The van der Waals surface area contributed by atoms with Gasteiger partial charge in [0.05, 0.1) is 36.9 Å². The molecule has 1 aliphatic rings. The Hall–Kier alpha value is -2.03. The van der Waals surface area contributed by atoms with Gasteiger partial charge in [0.2, 0.25) is 0 Å². The lowest BCUT2D eigenvalue weighted by Crippen LogP contribution is -2.26. The molecule has 1 saturated heterocycles. The topological polar surface area (TPSA) is 85.6 Å². The maximum absolute atomic E-state index is 14.2. The minimum absolute atomic E-state index is 0.000433. The van der Waals surface area contributed by atoms with Crippen molar-refractivity contribution in [3.63, 3.8) is 0 Å². The summed E-state index contributed by atoms with van der Waals surface area (Å²) in [6.07, 6.45) is 2.34. The number of rotatable bonds is 6. The maximum atomic E-state index is 14.2. The van der Waals surface area contributed by atoms with Crippen molar-refractivity contribution in [2.24, 2.45) is 0 Å². The van der Waals surface area contributed by atoms with E-state index in [0.717, 1.165) is 19.3 Å². The Morgan fingerprint density at radius 2 is 2.38 bits per heavy atom. The van der Waals surface area contributed by atoms with Gasteiger partial charge >= 0.3 is 0 Å². The fourth-order valence-electron chi connectivity index (χ4n) is 2.78. The summed E-state index contributed by atoms with van der Waals surface area (Å²) in [7, 11) is 0. The van der Waals surface area contributed by atoms with E-state index in [4.69, 9.17) is 14.7 Å². The number of fused-ring (bicyclic) bond motifs is 1. The molecule has 7 nitrogen and oxygen atoms in total. The van der Waals surface area contributed by atoms with Gasteiger partial charge in [-0.3, -0.25) is 14.2 Å². The Morgan fingerprint density at radius 1 is 1.50 bits per heavy atom. The Labute approximate surface area is 138 Å². The van der Waals surface area contributed by atoms with Crippen molar-refractivity contribution in [3.8, 4) is 0 Å². The molecule has 130 valence electrons. The number of hydrogen-bond acceptors (Lipinski definition) is 5. The van der Waals surface area contributed by atoms with Gasteiger partial charge in [-0.15, -0.1) is 0 Å². The Kier molecular flexibility index (Phi) is 5.39. The van der Waals surface area contributed by atoms with Crippen molar-refractivity contribution < 1.29 is 23.9 Å². The fraction of sp³-hybridized carbons (Fsp3) is 0.500. The number of imidazole rings is 1. The molecule has 0 bridgehead atoms. The van der Waals surface area contributed by atoms with E-state index in [1.54, 1.807) is 18.2 Å². The van der Waals surface area contributed by atoms with E-state index < -0.39 is 12.0 Å². The molecule has 1 aromatic carbocycles. The molecule has 1 unspecified atom stereocenters. The fourth-order valence-corrected chi connectivity index (χ4v) is 2.78. The lowest BCUT2D eigenvalue weighted by Gasteiger charge is -2.23. The van der Waals surface area contributed by atoms with Crippen LogP contribution >= 0.6 is 0 Å². The smallest absolute Gasteiger partial charge is 0.290 e. The third kappa shape index (κ3) is 3.72. The number of ether oxygens (including phenoxy) is 1. The lowest BCUT2D eigenvalue weighted by molar-refractivity contribution is 0.00485. The zero-order chi connectivity index (χ0) is 16.9. The second-order valence-electron chi connectivity index (χ2n) is 5.69. The van der Waals surface area contributed by atoms with Crippen molar-refractivity contribution in [2.45, 2.75) is 31.9 Å². The van der Waals surface area contributed by atoms with Gasteiger partial charge in [-0.1, -0.05) is 0 Å². The van der Waals surface area contributed by atoms with Crippen LogP contribution in [0.25, 0.3) is 11.0 Å². The van der Waals surface area contributed by atoms with Crippen molar-refractivity contribution in [3.05, 3.63) is 29.8 Å². The first-order chi connectivity index (χ1) is 11.7. The third-order valence-corrected chi connectivity index (χ3v) is 3.98. The van der Waals surface area contributed by atoms with Gasteiger partial charge in [0.15, 0.2) is 0 Å².